The molecule has 106 valence electrons. The minimum Gasteiger partial charge on any atom is -0.364 e. The van der Waals surface area contributed by atoms with Crippen molar-refractivity contribution in [2.24, 2.45) is 5.92 Å². The molecular weight excluding hydrogens is 246 g/mol. The predicted molar refractivity (Wildman–Crippen MR) is 74.6 cm³/mol. The number of halogens is 2. The monoisotopic (exact) mass is 268 g/mol. The molecule has 19 heavy (non-hydrogen) atoms. The molecule has 1 saturated heterocycles. The van der Waals surface area contributed by atoms with E-state index >= 15 is 0 Å². The molecule has 1 heterocycles. The SMILES string of the molecule is CCC(C)C1CN(c2c(F)ccc(C)c2F)CCN1. The normalized spacial score (nSPS) is 21.5. The molecule has 1 N–H and O–H groups in total. The summed E-state index contributed by atoms with van der Waals surface area (Å²) in [5.41, 5.74) is 0.629. The number of hydrogen-bond donors (Lipinski definition) is 1. The third kappa shape index (κ3) is 2.89. The third-order valence-corrected chi connectivity index (χ3v) is 4.11. The van der Waals surface area contributed by atoms with Gasteiger partial charge in [0.15, 0.2) is 5.82 Å². The van der Waals surface area contributed by atoms with E-state index in [2.05, 4.69) is 19.2 Å². The summed E-state index contributed by atoms with van der Waals surface area (Å²) in [6.07, 6.45) is 1.06. The second-order valence-electron chi connectivity index (χ2n) is 5.42. The van der Waals surface area contributed by atoms with E-state index < -0.39 is 11.6 Å². The van der Waals surface area contributed by atoms with Crippen molar-refractivity contribution < 1.29 is 8.78 Å². The average Bonchev–Trinajstić information content (AvgIpc) is 2.43. The van der Waals surface area contributed by atoms with Gasteiger partial charge in [-0.05, 0) is 24.5 Å². The van der Waals surface area contributed by atoms with Crippen LogP contribution in [0.3, 0.4) is 0 Å². The zero-order valence-corrected chi connectivity index (χ0v) is 11.8. The number of benzene rings is 1. The highest BCUT2D eigenvalue weighted by Crippen LogP contribution is 2.27. The Hall–Kier alpha value is -1.16. The molecule has 0 amide bonds. The lowest BCUT2D eigenvalue weighted by molar-refractivity contribution is 0.339. The van der Waals surface area contributed by atoms with Gasteiger partial charge in [0.2, 0.25) is 0 Å². The number of piperazine rings is 1. The molecule has 1 aliphatic rings. The van der Waals surface area contributed by atoms with Crippen LogP contribution in [0, 0.1) is 24.5 Å². The first-order valence-corrected chi connectivity index (χ1v) is 6.97. The van der Waals surface area contributed by atoms with E-state index in [1.165, 1.54) is 12.1 Å². The lowest BCUT2D eigenvalue weighted by Crippen LogP contribution is -2.53. The molecule has 0 radical (unpaired) electrons. The van der Waals surface area contributed by atoms with Gasteiger partial charge in [0.1, 0.15) is 11.5 Å². The summed E-state index contributed by atoms with van der Waals surface area (Å²) < 4.78 is 28.1. The van der Waals surface area contributed by atoms with E-state index in [0.717, 1.165) is 13.0 Å². The fourth-order valence-corrected chi connectivity index (χ4v) is 2.58. The molecule has 1 fully saturated rings. The van der Waals surface area contributed by atoms with E-state index in [4.69, 9.17) is 0 Å². The molecule has 0 aliphatic carbocycles. The van der Waals surface area contributed by atoms with E-state index in [9.17, 15) is 8.78 Å². The Morgan fingerprint density at radius 1 is 1.42 bits per heavy atom. The van der Waals surface area contributed by atoms with Gasteiger partial charge < -0.3 is 10.2 Å². The fourth-order valence-electron chi connectivity index (χ4n) is 2.58. The van der Waals surface area contributed by atoms with Crippen LogP contribution in [-0.4, -0.2) is 25.7 Å². The summed E-state index contributed by atoms with van der Waals surface area (Å²) in [7, 11) is 0. The number of hydrogen-bond acceptors (Lipinski definition) is 2. The van der Waals surface area contributed by atoms with Crippen molar-refractivity contribution >= 4 is 5.69 Å². The Morgan fingerprint density at radius 3 is 2.84 bits per heavy atom. The van der Waals surface area contributed by atoms with Gasteiger partial charge >= 0.3 is 0 Å². The number of aryl methyl sites for hydroxylation is 1. The maximum atomic E-state index is 14.2. The molecule has 0 saturated carbocycles. The van der Waals surface area contributed by atoms with Gasteiger partial charge in [0.25, 0.3) is 0 Å². The van der Waals surface area contributed by atoms with Gasteiger partial charge in [-0.15, -0.1) is 0 Å². The second kappa shape index (κ2) is 5.87. The van der Waals surface area contributed by atoms with Crippen molar-refractivity contribution in [3.63, 3.8) is 0 Å². The average molecular weight is 268 g/mol. The van der Waals surface area contributed by atoms with Crippen LogP contribution in [0.4, 0.5) is 14.5 Å². The lowest BCUT2D eigenvalue weighted by Gasteiger charge is -2.38. The quantitative estimate of drug-likeness (QED) is 0.906. The van der Waals surface area contributed by atoms with Gasteiger partial charge in [-0.3, -0.25) is 0 Å². The molecule has 0 spiro atoms. The molecule has 4 heteroatoms. The van der Waals surface area contributed by atoms with Crippen LogP contribution < -0.4 is 10.2 Å². The van der Waals surface area contributed by atoms with E-state index in [-0.39, 0.29) is 11.7 Å². The van der Waals surface area contributed by atoms with Crippen LogP contribution in [0.25, 0.3) is 0 Å². The summed E-state index contributed by atoms with van der Waals surface area (Å²) in [6.45, 7) is 8.05. The Balaban J connectivity index is 2.24. The Kier molecular flexibility index (Phi) is 4.40. The number of nitrogens with one attached hydrogen (secondary N) is 1. The first-order chi connectivity index (χ1) is 9.04. The zero-order valence-electron chi connectivity index (χ0n) is 11.8. The minimum absolute atomic E-state index is 0.134. The van der Waals surface area contributed by atoms with Crippen molar-refractivity contribution in [1.82, 2.24) is 5.32 Å². The molecule has 1 aliphatic heterocycles. The van der Waals surface area contributed by atoms with Crippen molar-refractivity contribution in [2.45, 2.75) is 33.2 Å². The number of nitrogens with zero attached hydrogens (tertiary/aromatic N) is 1. The zero-order chi connectivity index (χ0) is 14.0. The van der Waals surface area contributed by atoms with Crippen molar-refractivity contribution in [3.05, 3.63) is 29.3 Å². The standard InChI is InChI=1S/C15H22F2N2/c1-4-10(2)13-9-19(8-7-18-13)15-12(16)6-5-11(3)14(15)17/h5-6,10,13,18H,4,7-9H2,1-3H3. The largest absolute Gasteiger partial charge is 0.364 e. The number of rotatable bonds is 3. The number of anilines is 1. The van der Waals surface area contributed by atoms with E-state index in [1.807, 2.05) is 4.90 Å². The van der Waals surface area contributed by atoms with Crippen LogP contribution in [0.5, 0.6) is 0 Å². The topological polar surface area (TPSA) is 15.3 Å². The molecular formula is C15H22F2N2. The first-order valence-electron chi connectivity index (χ1n) is 6.97. The summed E-state index contributed by atoms with van der Waals surface area (Å²) in [6, 6.07) is 3.13. The first kappa shape index (κ1) is 14.3. The molecule has 2 atom stereocenters. The summed E-state index contributed by atoms with van der Waals surface area (Å²) in [5.74, 6) is -0.392. The fraction of sp³-hybridized carbons (Fsp3) is 0.600. The highest BCUT2D eigenvalue weighted by molar-refractivity contribution is 5.52. The van der Waals surface area contributed by atoms with Crippen LogP contribution in [0.1, 0.15) is 25.8 Å². The van der Waals surface area contributed by atoms with Gasteiger partial charge in [-0.25, -0.2) is 8.78 Å². The summed E-state index contributed by atoms with van der Waals surface area (Å²) in [4.78, 5) is 1.84. The van der Waals surface area contributed by atoms with E-state index in [1.54, 1.807) is 6.92 Å². The smallest absolute Gasteiger partial charge is 0.152 e. The Bertz CT molecular complexity index is 448. The molecule has 2 rings (SSSR count). The summed E-state index contributed by atoms with van der Waals surface area (Å²) in [5, 5.41) is 3.44. The van der Waals surface area contributed by atoms with Crippen molar-refractivity contribution in [2.75, 3.05) is 24.5 Å². The maximum Gasteiger partial charge on any atom is 0.152 e. The van der Waals surface area contributed by atoms with Gasteiger partial charge in [0.05, 0.1) is 0 Å². The molecule has 2 unspecified atom stereocenters. The molecule has 0 aromatic heterocycles. The molecule has 1 aromatic carbocycles. The van der Waals surface area contributed by atoms with Crippen LogP contribution >= 0.6 is 0 Å². The van der Waals surface area contributed by atoms with Gasteiger partial charge in [-0.1, -0.05) is 26.3 Å². The minimum atomic E-state index is -0.465. The van der Waals surface area contributed by atoms with Crippen molar-refractivity contribution in [1.29, 1.82) is 0 Å². The molecule has 0 bridgehead atoms. The van der Waals surface area contributed by atoms with Crippen LogP contribution in [0.2, 0.25) is 0 Å². The van der Waals surface area contributed by atoms with Gasteiger partial charge in [0, 0.05) is 25.7 Å². The summed E-state index contributed by atoms with van der Waals surface area (Å²) >= 11 is 0. The van der Waals surface area contributed by atoms with Crippen molar-refractivity contribution in [3.8, 4) is 0 Å². The molecule has 2 nitrogen and oxygen atoms in total. The Labute approximate surface area is 113 Å². The third-order valence-electron chi connectivity index (χ3n) is 4.11. The molecule has 1 aromatic rings. The second-order valence-corrected chi connectivity index (χ2v) is 5.42. The lowest BCUT2D eigenvalue weighted by atomic mass is 9.96. The van der Waals surface area contributed by atoms with E-state index in [0.29, 0.717) is 24.6 Å². The van der Waals surface area contributed by atoms with Crippen LogP contribution in [-0.2, 0) is 0 Å². The maximum absolute atomic E-state index is 14.2. The Morgan fingerprint density at radius 2 is 2.16 bits per heavy atom. The highest BCUT2D eigenvalue weighted by atomic mass is 19.1. The highest BCUT2D eigenvalue weighted by Gasteiger charge is 2.27. The predicted octanol–water partition coefficient (Wildman–Crippen LogP) is 3.10. The van der Waals surface area contributed by atoms with Gasteiger partial charge in [-0.2, -0.15) is 0 Å². The van der Waals surface area contributed by atoms with Crippen LogP contribution in [0.15, 0.2) is 12.1 Å².